The van der Waals surface area contributed by atoms with Crippen LogP contribution in [0.25, 0.3) is 11.3 Å². The van der Waals surface area contributed by atoms with Gasteiger partial charge in [-0.15, -0.1) is 0 Å². The molecule has 3 N–H and O–H groups in total. The van der Waals surface area contributed by atoms with E-state index in [4.69, 9.17) is 15.6 Å². The number of carbonyl (C=O) groups excluding carboxylic acids is 1. The number of carbonyl (C=O) groups is 1. The van der Waals surface area contributed by atoms with Crippen molar-refractivity contribution >= 4 is 11.8 Å². The van der Waals surface area contributed by atoms with Gasteiger partial charge in [-0.25, -0.2) is 9.78 Å². The minimum atomic E-state index is -0.624. The first kappa shape index (κ1) is 21.9. The standard InChI is InChI=1S/C24H26N8O2/c1-23(2,18-3-6-27-7-4-18)29-22(33)31-8-5-24(15-31)20-12-19(30-32(20)9-10-34-24)17-11-16(13-25)21(26)28-14-17/h3-4,6-7,11-12,14H,5,8-10,15H2,1-2H3,(H2,26,28)(H,29,33)/t24-/m1/s1. The number of urea groups is 1. The Labute approximate surface area is 197 Å². The molecule has 174 valence electrons. The van der Waals surface area contributed by atoms with Gasteiger partial charge >= 0.3 is 6.03 Å². The van der Waals surface area contributed by atoms with Gasteiger partial charge in [-0.3, -0.25) is 9.67 Å². The van der Waals surface area contributed by atoms with Gasteiger partial charge in [0.1, 0.15) is 17.5 Å². The molecule has 1 saturated heterocycles. The number of anilines is 1. The fourth-order valence-corrected chi connectivity index (χ4v) is 4.67. The number of likely N-dealkylation sites (tertiary alicyclic amines) is 1. The quantitative estimate of drug-likeness (QED) is 0.615. The largest absolute Gasteiger partial charge is 0.383 e. The molecule has 5 heterocycles. The zero-order valence-electron chi connectivity index (χ0n) is 19.2. The van der Waals surface area contributed by atoms with Crippen LogP contribution in [0.3, 0.4) is 0 Å². The summed E-state index contributed by atoms with van der Waals surface area (Å²) < 4.78 is 8.22. The number of hydrogen-bond donors (Lipinski definition) is 2. The molecule has 0 radical (unpaired) electrons. The number of ether oxygens (including phenoxy) is 1. The maximum Gasteiger partial charge on any atom is 0.318 e. The molecular weight excluding hydrogens is 432 g/mol. The second kappa shape index (κ2) is 8.11. The van der Waals surface area contributed by atoms with Crippen molar-refractivity contribution in [3.8, 4) is 17.3 Å². The van der Waals surface area contributed by atoms with Crippen molar-refractivity contribution in [3.63, 3.8) is 0 Å². The molecule has 0 saturated carbocycles. The maximum absolute atomic E-state index is 13.2. The number of hydrogen-bond acceptors (Lipinski definition) is 7. The molecule has 10 heteroatoms. The zero-order valence-corrected chi connectivity index (χ0v) is 19.2. The maximum atomic E-state index is 13.2. The summed E-state index contributed by atoms with van der Waals surface area (Å²) in [5.74, 6) is 0.196. The molecular formula is C24H26N8O2. The molecule has 1 fully saturated rings. The Balaban J connectivity index is 1.38. The van der Waals surface area contributed by atoms with E-state index in [9.17, 15) is 10.1 Å². The fourth-order valence-electron chi connectivity index (χ4n) is 4.67. The van der Waals surface area contributed by atoms with Gasteiger partial charge in [0.05, 0.1) is 42.2 Å². The summed E-state index contributed by atoms with van der Waals surface area (Å²) in [6.07, 6.45) is 5.73. The van der Waals surface area contributed by atoms with E-state index in [0.717, 1.165) is 16.8 Å². The topological polar surface area (TPSA) is 135 Å². The Bertz CT molecular complexity index is 1280. The van der Waals surface area contributed by atoms with Crippen molar-refractivity contribution in [2.45, 2.75) is 38.0 Å². The van der Waals surface area contributed by atoms with Crippen molar-refractivity contribution in [3.05, 3.63) is 59.7 Å². The third-order valence-electron chi connectivity index (χ3n) is 6.60. The molecule has 2 aliphatic rings. The van der Waals surface area contributed by atoms with Gasteiger partial charge in [0.2, 0.25) is 0 Å². The Morgan fingerprint density at radius 2 is 2.09 bits per heavy atom. The summed E-state index contributed by atoms with van der Waals surface area (Å²) in [6, 6.07) is 9.39. The van der Waals surface area contributed by atoms with E-state index in [1.54, 1.807) is 29.6 Å². The molecule has 1 spiro atoms. The van der Waals surface area contributed by atoms with Gasteiger partial charge in [0, 0.05) is 37.1 Å². The average molecular weight is 459 g/mol. The van der Waals surface area contributed by atoms with Crippen molar-refractivity contribution in [2.24, 2.45) is 0 Å². The number of nitrogen functional groups attached to an aromatic ring is 1. The molecule has 2 aliphatic heterocycles. The fraction of sp³-hybridized carbons (Fsp3) is 0.375. The number of aromatic nitrogens is 4. The lowest BCUT2D eigenvalue weighted by molar-refractivity contribution is -0.0702. The SMILES string of the molecule is CC(C)(NC(=O)N1CC[C@]2(C1)OCCn1nc(-c3cnc(N)c(C#N)c3)cc12)c1ccncc1. The van der Waals surface area contributed by atoms with Crippen LogP contribution in [0.1, 0.15) is 37.1 Å². The van der Waals surface area contributed by atoms with Crippen LogP contribution < -0.4 is 11.1 Å². The number of amides is 2. The lowest BCUT2D eigenvalue weighted by Crippen LogP contribution is -2.49. The molecule has 0 aliphatic carbocycles. The molecule has 2 amide bonds. The molecule has 3 aromatic rings. The van der Waals surface area contributed by atoms with Gasteiger partial charge < -0.3 is 20.7 Å². The number of nitrogens with one attached hydrogen (secondary N) is 1. The van der Waals surface area contributed by atoms with Crippen molar-refractivity contribution in [2.75, 3.05) is 25.4 Å². The van der Waals surface area contributed by atoms with Crippen LogP contribution in [0.2, 0.25) is 0 Å². The highest BCUT2D eigenvalue weighted by Gasteiger charge is 2.47. The first-order chi connectivity index (χ1) is 16.3. The molecule has 5 rings (SSSR count). The molecule has 1 atom stereocenters. The van der Waals surface area contributed by atoms with Crippen molar-refractivity contribution in [1.82, 2.24) is 30.0 Å². The van der Waals surface area contributed by atoms with E-state index in [1.807, 2.05) is 36.7 Å². The van der Waals surface area contributed by atoms with Crippen LogP contribution in [0, 0.1) is 11.3 Å². The van der Waals surface area contributed by atoms with Crippen LogP contribution >= 0.6 is 0 Å². The summed E-state index contributed by atoms with van der Waals surface area (Å²) in [5, 5.41) is 17.2. The normalized spacial score (nSPS) is 19.6. The van der Waals surface area contributed by atoms with E-state index < -0.39 is 11.1 Å². The number of nitrogens with zero attached hydrogens (tertiary/aromatic N) is 6. The Kier molecular flexibility index (Phi) is 5.21. The number of rotatable bonds is 3. The second-order valence-corrected chi connectivity index (χ2v) is 9.21. The van der Waals surface area contributed by atoms with Gasteiger partial charge in [-0.2, -0.15) is 10.4 Å². The van der Waals surface area contributed by atoms with E-state index in [0.29, 0.717) is 43.9 Å². The molecule has 34 heavy (non-hydrogen) atoms. The monoisotopic (exact) mass is 458 g/mol. The highest BCUT2D eigenvalue weighted by Crippen LogP contribution is 2.40. The van der Waals surface area contributed by atoms with E-state index in [2.05, 4.69) is 21.4 Å². The van der Waals surface area contributed by atoms with Crippen LogP contribution in [0.5, 0.6) is 0 Å². The van der Waals surface area contributed by atoms with Crippen LogP contribution in [0.4, 0.5) is 10.6 Å². The summed E-state index contributed by atoms with van der Waals surface area (Å²) in [4.78, 5) is 23.2. The molecule has 0 bridgehead atoms. The van der Waals surface area contributed by atoms with Crippen LogP contribution in [-0.4, -0.2) is 50.4 Å². The predicted molar refractivity (Wildman–Crippen MR) is 124 cm³/mol. The first-order valence-corrected chi connectivity index (χ1v) is 11.2. The third kappa shape index (κ3) is 3.74. The summed E-state index contributed by atoms with van der Waals surface area (Å²) in [7, 11) is 0. The minimum Gasteiger partial charge on any atom is -0.383 e. The predicted octanol–water partition coefficient (Wildman–Crippen LogP) is 2.37. The Morgan fingerprint density at radius 3 is 2.85 bits per heavy atom. The lowest BCUT2D eigenvalue weighted by Gasteiger charge is -2.35. The van der Waals surface area contributed by atoms with Crippen molar-refractivity contribution < 1.29 is 9.53 Å². The zero-order chi connectivity index (χ0) is 23.9. The van der Waals surface area contributed by atoms with Gasteiger partial charge in [0.25, 0.3) is 0 Å². The van der Waals surface area contributed by atoms with Gasteiger partial charge in [0.15, 0.2) is 0 Å². The van der Waals surface area contributed by atoms with E-state index in [1.165, 1.54) is 0 Å². The van der Waals surface area contributed by atoms with Crippen LogP contribution in [-0.2, 0) is 22.4 Å². The highest BCUT2D eigenvalue weighted by atomic mass is 16.5. The van der Waals surface area contributed by atoms with E-state index in [-0.39, 0.29) is 11.8 Å². The first-order valence-electron chi connectivity index (χ1n) is 11.2. The smallest absolute Gasteiger partial charge is 0.318 e. The number of fused-ring (bicyclic) bond motifs is 2. The third-order valence-corrected chi connectivity index (χ3v) is 6.60. The molecule has 0 unspecified atom stereocenters. The molecule has 3 aromatic heterocycles. The van der Waals surface area contributed by atoms with Gasteiger partial charge in [-0.1, -0.05) is 0 Å². The second-order valence-electron chi connectivity index (χ2n) is 9.21. The number of pyridine rings is 2. The summed E-state index contributed by atoms with van der Waals surface area (Å²) in [5.41, 5.74) is 8.24. The van der Waals surface area contributed by atoms with Crippen LogP contribution in [0.15, 0.2) is 42.9 Å². The van der Waals surface area contributed by atoms with E-state index >= 15 is 0 Å². The highest BCUT2D eigenvalue weighted by molar-refractivity contribution is 5.76. The Hall–Kier alpha value is -3.97. The summed E-state index contributed by atoms with van der Waals surface area (Å²) >= 11 is 0. The number of nitriles is 1. The minimum absolute atomic E-state index is 0.138. The average Bonchev–Trinajstić information content (AvgIpc) is 3.46. The van der Waals surface area contributed by atoms with Crippen molar-refractivity contribution in [1.29, 1.82) is 5.26 Å². The molecule has 10 nitrogen and oxygen atoms in total. The Morgan fingerprint density at radius 1 is 1.29 bits per heavy atom. The number of nitrogens with two attached hydrogens (primary N) is 1. The van der Waals surface area contributed by atoms with Gasteiger partial charge in [-0.05, 0) is 43.7 Å². The summed E-state index contributed by atoms with van der Waals surface area (Å²) in [6.45, 7) is 6.07. The molecule has 0 aromatic carbocycles. The lowest BCUT2D eigenvalue weighted by atomic mass is 9.95.